The average Bonchev–Trinajstić information content (AvgIpc) is 3.55. The summed E-state index contributed by atoms with van der Waals surface area (Å²) in [6.45, 7) is 7.66. The second-order valence-corrected chi connectivity index (χ2v) is 11.5. The lowest BCUT2D eigenvalue weighted by atomic mass is 9.94. The lowest BCUT2D eigenvalue weighted by Gasteiger charge is -2.33. The van der Waals surface area contributed by atoms with Crippen molar-refractivity contribution in [2.75, 3.05) is 16.5 Å². The van der Waals surface area contributed by atoms with E-state index in [9.17, 15) is 0 Å². The van der Waals surface area contributed by atoms with E-state index in [0.717, 1.165) is 6.67 Å². The van der Waals surface area contributed by atoms with E-state index in [1.54, 1.807) is 0 Å². The van der Waals surface area contributed by atoms with Gasteiger partial charge in [-0.25, -0.2) is 0 Å². The molecule has 184 valence electrons. The van der Waals surface area contributed by atoms with Gasteiger partial charge in [0.15, 0.2) is 0 Å². The first-order valence-electron chi connectivity index (χ1n) is 13.9. The number of aromatic nitrogens is 1. The van der Waals surface area contributed by atoms with Crippen LogP contribution in [0.3, 0.4) is 0 Å². The van der Waals surface area contributed by atoms with Crippen molar-refractivity contribution >= 4 is 55.2 Å². The van der Waals surface area contributed by atoms with Gasteiger partial charge in [-0.05, 0) is 98.8 Å². The Kier molecular flexibility index (Phi) is 4.42. The summed E-state index contributed by atoms with van der Waals surface area (Å²) >= 11 is 0. The molecule has 8 rings (SSSR count). The summed E-state index contributed by atoms with van der Waals surface area (Å²) in [7, 11) is 0. The minimum atomic E-state index is 0.657. The first-order valence-corrected chi connectivity index (χ1v) is 13.9. The average molecular weight is 484 g/mol. The minimum absolute atomic E-state index is 0.657. The van der Waals surface area contributed by atoms with Gasteiger partial charge in [-0.2, -0.15) is 0 Å². The molecule has 2 aromatic heterocycles. The van der Waals surface area contributed by atoms with Crippen molar-refractivity contribution in [2.45, 2.75) is 58.9 Å². The van der Waals surface area contributed by atoms with Crippen LogP contribution in [0.5, 0.6) is 0 Å². The van der Waals surface area contributed by atoms with E-state index in [4.69, 9.17) is 0 Å². The lowest BCUT2D eigenvalue weighted by Crippen LogP contribution is -2.38. The van der Waals surface area contributed by atoms with Crippen LogP contribution in [-0.4, -0.2) is 17.1 Å². The fourth-order valence-electron chi connectivity index (χ4n) is 7.53. The Hall–Kier alpha value is -3.72. The molecular formula is C34H33N3. The fraction of sp³-hybridized carbons (Fsp3) is 0.294. The van der Waals surface area contributed by atoms with E-state index >= 15 is 0 Å². The van der Waals surface area contributed by atoms with Crippen LogP contribution in [0.15, 0.2) is 66.7 Å². The summed E-state index contributed by atoms with van der Waals surface area (Å²) in [5, 5.41) is 5.51. The van der Waals surface area contributed by atoms with Crippen LogP contribution in [0.4, 0.5) is 17.1 Å². The first kappa shape index (κ1) is 21.4. The quantitative estimate of drug-likeness (QED) is 0.243. The second-order valence-electron chi connectivity index (χ2n) is 11.5. The molecule has 3 heterocycles. The highest BCUT2D eigenvalue weighted by molar-refractivity contribution is 6.24. The van der Waals surface area contributed by atoms with Crippen molar-refractivity contribution in [3.05, 3.63) is 83.4 Å². The molecule has 0 N–H and O–H groups in total. The molecule has 37 heavy (non-hydrogen) atoms. The standard InChI is InChI=1S/C34H33N3/c1-21-15-23(3)33-28-17-22(2)16-27-26-19-25(13-14-29(26)37(34(27)28)32(33)18-21)36-20-35(24-9-5-4-6-10-24)30-11-7-8-12-31(30)36/h7-8,11-19,24H,4-6,9-10,20H2,1-3H3. The highest BCUT2D eigenvalue weighted by Gasteiger charge is 2.32. The first-order chi connectivity index (χ1) is 18.1. The van der Waals surface area contributed by atoms with Gasteiger partial charge in [-0.1, -0.05) is 37.5 Å². The molecule has 0 atom stereocenters. The highest BCUT2D eigenvalue weighted by atomic mass is 15.4. The third-order valence-corrected chi connectivity index (χ3v) is 9.06. The van der Waals surface area contributed by atoms with Gasteiger partial charge in [0.25, 0.3) is 0 Å². The molecule has 0 unspecified atom stereocenters. The molecule has 1 fully saturated rings. The summed E-state index contributed by atoms with van der Waals surface area (Å²) in [6.07, 6.45) is 6.73. The number of anilines is 3. The maximum Gasteiger partial charge on any atom is 0.0955 e. The van der Waals surface area contributed by atoms with Crippen LogP contribution in [-0.2, 0) is 0 Å². The number of para-hydroxylation sites is 2. The van der Waals surface area contributed by atoms with Crippen LogP contribution >= 0.6 is 0 Å². The number of rotatable bonds is 2. The summed E-state index contributed by atoms with van der Waals surface area (Å²) in [5.74, 6) is 0. The molecular weight excluding hydrogens is 450 g/mol. The van der Waals surface area contributed by atoms with Crippen LogP contribution in [0.25, 0.3) is 38.1 Å². The molecule has 1 aliphatic carbocycles. The summed E-state index contributed by atoms with van der Waals surface area (Å²) in [6, 6.07) is 26.3. The Bertz CT molecular complexity index is 1840. The predicted molar refractivity (Wildman–Crippen MR) is 158 cm³/mol. The summed E-state index contributed by atoms with van der Waals surface area (Å²) in [5.41, 5.74) is 12.1. The Morgan fingerprint density at radius 1 is 0.676 bits per heavy atom. The van der Waals surface area contributed by atoms with Crippen LogP contribution in [0.1, 0.15) is 48.8 Å². The molecule has 3 heteroatoms. The van der Waals surface area contributed by atoms with Crippen LogP contribution in [0, 0.1) is 20.8 Å². The molecule has 0 saturated heterocycles. The molecule has 0 radical (unpaired) electrons. The third kappa shape index (κ3) is 2.94. The number of hydrogen-bond acceptors (Lipinski definition) is 2. The normalized spacial score (nSPS) is 16.7. The monoisotopic (exact) mass is 483 g/mol. The van der Waals surface area contributed by atoms with Gasteiger partial charge in [0.1, 0.15) is 0 Å². The van der Waals surface area contributed by atoms with Crippen molar-refractivity contribution in [2.24, 2.45) is 0 Å². The maximum absolute atomic E-state index is 2.68. The van der Waals surface area contributed by atoms with Crippen LogP contribution in [0.2, 0.25) is 0 Å². The molecule has 1 aliphatic heterocycles. The fourth-order valence-corrected chi connectivity index (χ4v) is 7.53. The number of benzene rings is 4. The van der Waals surface area contributed by atoms with E-state index in [0.29, 0.717) is 6.04 Å². The van der Waals surface area contributed by atoms with E-state index in [-0.39, 0.29) is 0 Å². The molecule has 6 aromatic rings. The number of aryl methyl sites for hydroxylation is 3. The Balaban J connectivity index is 1.34. The smallest absolute Gasteiger partial charge is 0.0955 e. The van der Waals surface area contributed by atoms with Crippen molar-refractivity contribution in [1.82, 2.24) is 4.40 Å². The topological polar surface area (TPSA) is 10.9 Å². The molecule has 0 bridgehead atoms. The largest absolute Gasteiger partial charge is 0.349 e. The zero-order valence-electron chi connectivity index (χ0n) is 22.0. The van der Waals surface area contributed by atoms with Gasteiger partial charge >= 0.3 is 0 Å². The second kappa shape index (κ2) is 7.64. The highest BCUT2D eigenvalue weighted by Crippen LogP contribution is 2.46. The molecule has 1 saturated carbocycles. The predicted octanol–water partition coefficient (Wildman–Crippen LogP) is 9.01. The Morgan fingerprint density at radius 3 is 2.27 bits per heavy atom. The number of nitrogens with zero attached hydrogens (tertiary/aromatic N) is 3. The third-order valence-electron chi connectivity index (χ3n) is 9.06. The lowest BCUT2D eigenvalue weighted by molar-refractivity contribution is 0.420. The molecule has 4 aromatic carbocycles. The van der Waals surface area contributed by atoms with E-state index in [1.807, 2.05) is 0 Å². The summed E-state index contributed by atoms with van der Waals surface area (Å²) < 4.78 is 2.52. The van der Waals surface area contributed by atoms with Gasteiger partial charge in [0.2, 0.25) is 0 Å². The summed E-state index contributed by atoms with van der Waals surface area (Å²) in [4.78, 5) is 5.21. The van der Waals surface area contributed by atoms with Crippen molar-refractivity contribution in [1.29, 1.82) is 0 Å². The molecule has 0 spiro atoms. The van der Waals surface area contributed by atoms with Gasteiger partial charge in [0, 0.05) is 33.3 Å². The van der Waals surface area contributed by atoms with Gasteiger partial charge in [0.05, 0.1) is 34.6 Å². The van der Waals surface area contributed by atoms with E-state index in [2.05, 4.69) is 102 Å². The van der Waals surface area contributed by atoms with Crippen molar-refractivity contribution in [3.63, 3.8) is 0 Å². The van der Waals surface area contributed by atoms with Gasteiger partial charge < -0.3 is 14.2 Å². The minimum Gasteiger partial charge on any atom is -0.349 e. The molecule has 0 amide bonds. The Morgan fingerprint density at radius 2 is 1.43 bits per heavy atom. The number of hydrogen-bond donors (Lipinski definition) is 0. The number of fused-ring (bicyclic) bond motifs is 7. The molecule has 2 aliphatic rings. The maximum atomic E-state index is 2.68. The molecule has 3 nitrogen and oxygen atoms in total. The van der Waals surface area contributed by atoms with E-state index in [1.165, 1.54) is 104 Å². The zero-order valence-corrected chi connectivity index (χ0v) is 22.0. The SMILES string of the molecule is Cc1cc2c3cc(N4CN(C5CCCCC5)c5ccccc54)ccc3n3c4cc(C)cc(C)c4c(c1)c23. The van der Waals surface area contributed by atoms with Gasteiger partial charge in [-0.15, -0.1) is 0 Å². The van der Waals surface area contributed by atoms with Gasteiger partial charge in [-0.3, -0.25) is 0 Å². The zero-order chi connectivity index (χ0) is 24.8. The van der Waals surface area contributed by atoms with Crippen molar-refractivity contribution in [3.8, 4) is 0 Å². The van der Waals surface area contributed by atoms with Crippen LogP contribution < -0.4 is 9.80 Å². The Labute approximate surface area is 218 Å². The van der Waals surface area contributed by atoms with E-state index < -0.39 is 0 Å². The van der Waals surface area contributed by atoms with Crippen molar-refractivity contribution < 1.29 is 0 Å².